The van der Waals surface area contributed by atoms with Gasteiger partial charge >= 0.3 is 0 Å². The van der Waals surface area contributed by atoms with Crippen LogP contribution in [0.2, 0.25) is 0 Å². The fourth-order valence-electron chi connectivity index (χ4n) is 3.03. The number of nitrogens with zero attached hydrogens (tertiary/aromatic N) is 2. The lowest BCUT2D eigenvalue weighted by molar-refractivity contribution is 0.496. The van der Waals surface area contributed by atoms with Crippen molar-refractivity contribution in [3.8, 4) is 22.1 Å². The highest BCUT2D eigenvalue weighted by molar-refractivity contribution is 7.88. The van der Waals surface area contributed by atoms with E-state index in [4.69, 9.17) is 9.88 Å². The Balaban J connectivity index is 1.55. The number of ether oxygens (including phenoxy) is 1. The van der Waals surface area contributed by atoms with E-state index in [-0.39, 0.29) is 5.75 Å². The van der Waals surface area contributed by atoms with Crippen LogP contribution in [-0.4, -0.2) is 18.4 Å². The summed E-state index contributed by atoms with van der Waals surface area (Å²) in [4.78, 5) is 8.93. The summed E-state index contributed by atoms with van der Waals surface area (Å²) in [5, 5.41) is 9.92. The third-order valence-electron chi connectivity index (χ3n) is 4.26. The minimum atomic E-state index is -3.60. The van der Waals surface area contributed by atoms with E-state index in [0.717, 1.165) is 16.3 Å². The minimum Gasteiger partial charge on any atom is -0.444 e. The second-order valence-corrected chi connectivity index (χ2v) is 9.63. The lowest BCUT2D eigenvalue weighted by atomic mass is 10.2. The molecule has 4 aromatic rings. The number of thiazole rings is 1. The standard InChI is InChI=1S/C22H20N4O3S2/c1-15-25-21(17-7-3-2-4-8-17)22(30-15)29-19-10-11-24-20(13-19)26-18-9-5-6-16(12-18)14-31(23,27)28/h2-13H,14H2,1H3,(H,24,26)(H2,23,27,28). The summed E-state index contributed by atoms with van der Waals surface area (Å²) in [6.07, 6.45) is 1.64. The number of pyridine rings is 1. The Kier molecular flexibility index (Phi) is 5.99. The zero-order valence-corrected chi connectivity index (χ0v) is 18.3. The molecule has 0 unspecified atom stereocenters. The summed E-state index contributed by atoms with van der Waals surface area (Å²) >= 11 is 1.48. The van der Waals surface area contributed by atoms with Crippen molar-refractivity contribution in [1.29, 1.82) is 0 Å². The van der Waals surface area contributed by atoms with Crippen LogP contribution in [0.4, 0.5) is 11.5 Å². The first-order chi connectivity index (χ1) is 14.9. The molecule has 0 aliphatic rings. The van der Waals surface area contributed by atoms with Crippen molar-refractivity contribution in [1.82, 2.24) is 9.97 Å². The van der Waals surface area contributed by atoms with Crippen molar-refractivity contribution in [2.45, 2.75) is 12.7 Å². The molecular weight excluding hydrogens is 432 g/mol. The van der Waals surface area contributed by atoms with E-state index in [1.807, 2.05) is 43.3 Å². The van der Waals surface area contributed by atoms with E-state index < -0.39 is 10.0 Å². The molecule has 3 N–H and O–H groups in total. The van der Waals surface area contributed by atoms with Crippen LogP contribution < -0.4 is 15.2 Å². The molecule has 0 aliphatic carbocycles. The van der Waals surface area contributed by atoms with Gasteiger partial charge in [-0.2, -0.15) is 0 Å². The molecule has 158 valence electrons. The molecule has 0 amide bonds. The summed E-state index contributed by atoms with van der Waals surface area (Å²) in [7, 11) is -3.60. The number of aryl methyl sites for hydroxylation is 1. The molecule has 0 atom stereocenters. The monoisotopic (exact) mass is 452 g/mol. The number of sulfonamides is 1. The quantitative estimate of drug-likeness (QED) is 0.416. The number of aromatic nitrogens is 2. The molecule has 0 saturated carbocycles. The third kappa shape index (κ3) is 5.66. The van der Waals surface area contributed by atoms with Crippen molar-refractivity contribution >= 4 is 32.9 Å². The second-order valence-electron chi connectivity index (χ2n) is 6.85. The van der Waals surface area contributed by atoms with Crippen molar-refractivity contribution in [3.63, 3.8) is 0 Å². The van der Waals surface area contributed by atoms with Gasteiger partial charge in [0.05, 0.1) is 10.8 Å². The largest absolute Gasteiger partial charge is 0.444 e. The van der Waals surface area contributed by atoms with Crippen LogP contribution in [0.3, 0.4) is 0 Å². The fraction of sp³-hybridized carbons (Fsp3) is 0.0909. The summed E-state index contributed by atoms with van der Waals surface area (Å²) in [5.41, 5.74) is 3.07. The number of rotatable bonds is 7. The predicted octanol–water partition coefficient (Wildman–Crippen LogP) is 4.84. The highest BCUT2D eigenvalue weighted by Gasteiger charge is 2.14. The van der Waals surface area contributed by atoms with Gasteiger partial charge in [0.25, 0.3) is 0 Å². The number of nitrogens with two attached hydrogens (primary N) is 1. The van der Waals surface area contributed by atoms with Gasteiger partial charge in [0, 0.05) is 23.5 Å². The highest BCUT2D eigenvalue weighted by atomic mass is 32.2. The number of benzene rings is 2. The van der Waals surface area contributed by atoms with Crippen LogP contribution in [-0.2, 0) is 15.8 Å². The zero-order chi connectivity index (χ0) is 21.8. The van der Waals surface area contributed by atoms with Gasteiger partial charge < -0.3 is 10.1 Å². The van der Waals surface area contributed by atoms with Crippen LogP contribution in [0.5, 0.6) is 10.8 Å². The van der Waals surface area contributed by atoms with Crippen molar-refractivity contribution in [2.24, 2.45) is 5.14 Å². The van der Waals surface area contributed by atoms with Gasteiger partial charge in [0.1, 0.15) is 17.3 Å². The number of primary sulfonamides is 1. The van der Waals surface area contributed by atoms with Crippen LogP contribution in [0.15, 0.2) is 72.9 Å². The van der Waals surface area contributed by atoms with Crippen LogP contribution in [0, 0.1) is 6.92 Å². The normalized spacial score (nSPS) is 11.3. The van der Waals surface area contributed by atoms with Gasteiger partial charge in [0.2, 0.25) is 15.1 Å². The van der Waals surface area contributed by atoms with Gasteiger partial charge in [0.15, 0.2) is 0 Å². The Morgan fingerprint density at radius 2 is 1.87 bits per heavy atom. The maximum atomic E-state index is 11.3. The summed E-state index contributed by atoms with van der Waals surface area (Å²) in [6, 6.07) is 20.4. The number of anilines is 2. The molecule has 0 spiro atoms. The first-order valence-corrected chi connectivity index (χ1v) is 11.9. The lowest BCUT2D eigenvalue weighted by Gasteiger charge is -2.10. The molecule has 31 heavy (non-hydrogen) atoms. The molecule has 0 fully saturated rings. The first-order valence-electron chi connectivity index (χ1n) is 9.39. The Hall–Kier alpha value is -3.27. The Morgan fingerprint density at radius 3 is 2.65 bits per heavy atom. The van der Waals surface area contributed by atoms with Crippen molar-refractivity contribution < 1.29 is 13.2 Å². The molecule has 4 rings (SSSR count). The highest BCUT2D eigenvalue weighted by Crippen LogP contribution is 2.38. The average Bonchev–Trinajstić information content (AvgIpc) is 3.08. The second kappa shape index (κ2) is 8.84. The summed E-state index contributed by atoms with van der Waals surface area (Å²) < 4.78 is 28.8. The van der Waals surface area contributed by atoms with E-state index in [2.05, 4.69) is 15.3 Å². The first kappa shape index (κ1) is 21.0. The molecule has 2 heterocycles. The number of hydrogen-bond donors (Lipinski definition) is 2. The van der Waals surface area contributed by atoms with Gasteiger partial charge in [-0.3, -0.25) is 0 Å². The van der Waals surface area contributed by atoms with E-state index in [1.165, 1.54) is 11.3 Å². The van der Waals surface area contributed by atoms with Crippen LogP contribution in [0.1, 0.15) is 10.6 Å². The Bertz CT molecular complexity index is 1310. The smallest absolute Gasteiger partial charge is 0.213 e. The number of hydrogen-bond acceptors (Lipinski definition) is 7. The average molecular weight is 453 g/mol. The van der Waals surface area contributed by atoms with Crippen LogP contribution >= 0.6 is 11.3 Å². The zero-order valence-electron chi connectivity index (χ0n) is 16.6. The Morgan fingerprint density at radius 1 is 1.06 bits per heavy atom. The van der Waals surface area contributed by atoms with E-state index in [9.17, 15) is 8.42 Å². The topological polar surface area (TPSA) is 107 Å². The predicted molar refractivity (Wildman–Crippen MR) is 123 cm³/mol. The van der Waals surface area contributed by atoms with Gasteiger partial charge in [-0.15, -0.1) is 0 Å². The van der Waals surface area contributed by atoms with E-state index in [0.29, 0.717) is 27.9 Å². The maximum Gasteiger partial charge on any atom is 0.213 e. The fourth-order valence-corrected chi connectivity index (χ4v) is 4.47. The molecule has 9 heteroatoms. The SMILES string of the molecule is Cc1nc(-c2ccccc2)c(Oc2ccnc(Nc3cccc(CS(N)(=O)=O)c3)c2)s1. The number of nitrogens with one attached hydrogen (secondary N) is 1. The third-order valence-corrected chi connectivity index (χ3v) is 5.84. The molecular formula is C22H20N4O3S2. The molecule has 0 radical (unpaired) electrons. The van der Waals surface area contributed by atoms with Gasteiger partial charge in [-0.25, -0.2) is 23.5 Å². The molecule has 2 aromatic carbocycles. The molecule has 0 saturated heterocycles. The molecule has 7 nitrogen and oxygen atoms in total. The van der Waals surface area contributed by atoms with E-state index >= 15 is 0 Å². The van der Waals surface area contributed by atoms with Gasteiger partial charge in [-0.05, 0) is 30.7 Å². The minimum absolute atomic E-state index is 0.230. The Labute approximate surface area is 184 Å². The lowest BCUT2D eigenvalue weighted by Crippen LogP contribution is -2.14. The van der Waals surface area contributed by atoms with Gasteiger partial charge in [-0.1, -0.05) is 53.8 Å². The van der Waals surface area contributed by atoms with E-state index in [1.54, 1.807) is 36.5 Å². The summed E-state index contributed by atoms with van der Waals surface area (Å²) in [5.74, 6) is 0.943. The molecule has 0 aliphatic heterocycles. The molecule has 2 aromatic heterocycles. The molecule has 0 bridgehead atoms. The van der Waals surface area contributed by atoms with Crippen molar-refractivity contribution in [2.75, 3.05) is 5.32 Å². The van der Waals surface area contributed by atoms with Crippen LogP contribution in [0.25, 0.3) is 11.3 Å². The summed E-state index contributed by atoms with van der Waals surface area (Å²) in [6.45, 7) is 1.94. The maximum absolute atomic E-state index is 11.3. The van der Waals surface area contributed by atoms with Crippen molar-refractivity contribution in [3.05, 3.63) is 83.5 Å².